The maximum atomic E-state index is 13.6. The van der Waals surface area contributed by atoms with Crippen molar-refractivity contribution in [3.63, 3.8) is 0 Å². The molecule has 1 aromatic carbocycles. The standard InChI is InChI=1S/C10H12ClFO2/c1-6(5-13)9-8(14-2)4-3-7(11)10(9)12/h3-4,6,13H,5H2,1-2H3. The van der Waals surface area contributed by atoms with Gasteiger partial charge < -0.3 is 9.84 Å². The fraction of sp³-hybridized carbons (Fsp3) is 0.400. The summed E-state index contributed by atoms with van der Waals surface area (Å²) in [5, 5.41) is 9.00. The van der Waals surface area contributed by atoms with E-state index in [1.165, 1.54) is 13.2 Å². The van der Waals surface area contributed by atoms with E-state index in [0.717, 1.165) is 0 Å². The van der Waals surface area contributed by atoms with E-state index in [9.17, 15) is 4.39 Å². The number of rotatable bonds is 3. The summed E-state index contributed by atoms with van der Waals surface area (Å²) in [5.41, 5.74) is 0.322. The molecule has 14 heavy (non-hydrogen) atoms. The van der Waals surface area contributed by atoms with Crippen molar-refractivity contribution in [2.45, 2.75) is 12.8 Å². The Kier molecular flexibility index (Phi) is 3.72. The molecule has 0 amide bonds. The third-order valence-corrected chi connectivity index (χ3v) is 2.37. The van der Waals surface area contributed by atoms with Crippen LogP contribution in [0.5, 0.6) is 5.75 Å². The summed E-state index contributed by atoms with van der Waals surface area (Å²) in [6, 6.07) is 3.02. The molecule has 0 aliphatic carbocycles. The molecule has 1 aromatic rings. The average molecular weight is 219 g/mol. The van der Waals surface area contributed by atoms with Crippen molar-refractivity contribution in [3.05, 3.63) is 28.5 Å². The number of halogens is 2. The monoisotopic (exact) mass is 218 g/mol. The lowest BCUT2D eigenvalue weighted by atomic mass is 10.0. The molecule has 1 unspecified atom stereocenters. The van der Waals surface area contributed by atoms with Crippen molar-refractivity contribution in [1.82, 2.24) is 0 Å². The van der Waals surface area contributed by atoms with Gasteiger partial charge >= 0.3 is 0 Å². The second-order valence-corrected chi connectivity index (χ2v) is 3.47. The summed E-state index contributed by atoms with van der Waals surface area (Å²) >= 11 is 5.63. The fourth-order valence-corrected chi connectivity index (χ4v) is 1.44. The van der Waals surface area contributed by atoms with Gasteiger partial charge in [-0.15, -0.1) is 0 Å². The van der Waals surface area contributed by atoms with E-state index >= 15 is 0 Å². The first-order valence-electron chi connectivity index (χ1n) is 4.24. The van der Waals surface area contributed by atoms with Crippen molar-refractivity contribution in [2.24, 2.45) is 0 Å². The predicted octanol–water partition coefficient (Wildman–Crippen LogP) is 2.58. The quantitative estimate of drug-likeness (QED) is 0.845. The molecule has 0 spiro atoms. The van der Waals surface area contributed by atoms with Crippen LogP contribution in [0, 0.1) is 5.82 Å². The van der Waals surface area contributed by atoms with Crippen molar-refractivity contribution in [3.8, 4) is 5.75 Å². The minimum Gasteiger partial charge on any atom is -0.496 e. The Balaban J connectivity index is 3.27. The SMILES string of the molecule is COc1ccc(Cl)c(F)c1C(C)CO. The third kappa shape index (κ3) is 1.99. The number of ether oxygens (including phenoxy) is 1. The Morgan fingerprint density at radius 1 is 1.57 bits per heavy atom. The summed E-state index contributed by atoms with van der Waals surface area (Å²) < 4.78 is 18.6. The van der Waals surface area contributed by atoms with Crippen LogP contribution in [0.15, 0.2) is 12.1 Å². The highest BCUT2D eigenvalue weighted by molar-refractivity contribution is 6.30. The molecule has 0 radical (unpaired) electrons. The molecular formula is C10H12ClFO2. The zero-order valence-corrected chi connectivity index (χ0v) is 8.81. The largest absolute Gasteiger partial charge is 0.496 e. The Morgan fingerprint density at radius 3 is 2.71 bits per heavy atom. The average Bonchev–Trinajstić information content (AvgIpc) is 2.20. The van der Waals surface area contributed by atoms with E-state index in [1.807, 2.05) is 0 Å². The molecule has 4 heteroatoms. The van der Waals surface area contributed by atoms with Crippen LogP contribution in [0.3, 0.4) is 0 Å². The smallest absolute Gasteiger partial charge is 0.149 e. The second-order valence-electron chi connectivity index (χ2n) is 3.06. The van der Waals surface area contributed by atoms with Gasteiger partial charge in [-0.05, 0) is 12.1 Å². The number of methoxy groups -OCH3 is 1. The maximum absolute atomic E-state index is 13.6. The summed E-state index contributed by atoms with van der Waals surface area (Å²) in [7, 11) is 1.45. The second kappa shape index (κ2) is 4.62. The molecule has 1 rings (SSSR count). The van der Waals surface area contributed by atoms with Gasteiger partial charge in [0, 0.05) is 18.1 Å². The van der Waals surface area contributed by atoms with Gasteiger partial charge in [0.2, 0.25) is 0 Å². The highest BCUT2D eigenvalue weighted by Gasteiger charge is 2.18. The number of aliphatic hydroxyl groups excluding tert-OH is 1. The summed E-state index contributed by atoms with van der Waals surface area (Å²) in [6.45, 7) is 1.56. The van der Waals surface area contributed by atoms with Crippen molar-refractivity contribution in [1.29, 1.82) is 0 Å². The number of hydrogen-bond donors (Lipinski definition) is 1. The molecule has 0 saturated carbocycles. The van der Waals surface area contributed by atoms with E-state index in [-0.39, 0.29) is 17.5 Å². The van der Waals surface area contributed by atoms with E-state index in [2.05, 4.69) is 0 Å². The molecule has 1 atom stereocenters. The zero-order valence-electron chi connectivity index (χ0n) is 8.05. The van der Waals surface area contributed by atoms with Crippen LogP contribution in [0.1, 0.15) is 18.4 Å². The van der Waals surface area contributed by atoms with Crippen molar-refractivity contribution in [2.75, 3.05) is 13.7 Å². The van der Waals surface area contributed by atoms with Gasteiger partial charge in [0.25, 0.3) is 0 Å². The normalized spacial score (nSPS) is 12.6. The topological polar surface area (TPSA) is 29.5 Å². The summed E-state index contributed by atoms with van der Waals surface area (Å²) in [6.07, 6.45) is 0. The van der Waals surface area contributed by atoms with E-state index in [1.54, 1.807) is 13.0 Å². The first kappa shape index (κ1) is 11.3. The molecule has 0 aliphatic rings. The Hall–Kier alpha value is -0.800. The van der Waals surface area contributed by atoms with E-state index < -0.39 is 5.82 Å². The van der Waals surface area contributed by atoms with Crippen LogP contribution in [0.4, 0.5) is 4.39 Å². The number of benzene rings is 1. The van der Waals surface area contributed by atoms with E-state index in [4.69, 9.17) is 21.4 Å². The molecule has 0 fully saturated rings. The van der Waals surface area contributed by atoms with Gasteiger partial charge in [-0.25, -0.2) is 4.39 Å². The number of aliphatic hydroxyl groups is 1. The molecule has 1 N–H and O–H groups in total. The Morgan fingerprint density at radius 2 is 2.21 bits per heavy atom. The molecule has 0 bridgehead atoms. The van der Waals surface area contributed by atoms with Crippen LogP contribution in [0.25, 0.3) is 0 Å². The van der Waals surface area contributed by atoms with Crippen LogP contribution in [-0.2, 0) is 0 Å². The maximum Gasteiger partial charge on any atom is 0.149 e. The predicted molar refractivity (Wildman–Crippen MR) is 53.5 cm³/mol. The van der Waals surface area contributed by atoms with Crippen LogP contribution >= 0.6 is 11.6 Å². The summed E-state index contributed by atoms with van der Waals surface area (Å²) in [5.74, 6) is -0.440. The lowest BCUT2D eigenvalue weighted by Gasteiger charge is -2.14. The molecule has 0 aliphatic heterocycles. The van der Waals surface area contributed by atoms with Gasteiger partial charge in [0.1, 0.15) is 11.6 Å². The zero-order chi connectivity index (χ0) is 10.7. The van der Waals surface area contributed by atoms with Gasteiger partial charge in [0.05, 0.1) is 12.1 Å². The van der Waals surface area contributed by atoms with Crippen LogP contribution < -0.4 is 4.74 Å². The van der Waals surface area contributed by atoms with Crippen LogP contribution in [0.2, 0.25) is 5.02 Å². The molecule has 0 saturated heterocycles. The van der Waals surface area contributed by atoms with Gasteiger partial charge in [-0.1, -0.05) is 18.5 Å². The highest BCUT2D eigenvalue weighted by atomic mass is 35.5. The van der Waals surface area contributed by atoms with Gasteiger partial charge in [0.15, 0.2) is 0 Å². The fourth-order valence-electron chi connectivity index (χ4n) is 1.28. The van der Waals surface area contributed by atoms with Gasteiger partial charge in [-0.2, -0.15) is 0 Å². The first-order valence-corrected chi connectivity index (χ1v) is 4.62. The third-order valence-electron chi connectivity index (χ3n) is 2.08. The van der Waals surface area contributed by atoms with Gasteiger partial charge in [-0.3, -0.25) is 0 Å². The minimum absolute atomic E-state index is 0.0427. The lowest BCUT2D eigenvalue weighted by Crippen LogP contribution is -2.05. The lowest BCUT2D eigenvalue weighted by molar-refractivity contribution is 0.266. The molecular weight excluding hydrogens is 207 g/mol. The Bertz CT molecular complexity index is 328. The molecule has 0 aromatic heterocycles. The summed E-state index contributed by atoms with van der Waals surface area (Å²) in [4.78, 5) is 0. The Labute approximate surface area is 87.3 Å². The van der Waals surface area contributed by atoms with E-state index in [0.29, 0.717) is 11.3 Å². The molecule has 2 nitrogen and oxygen atoms in total. The van der Waals surface area contributed by atoms with Crippen LogP contribution in [-0.4, -0.2) is 18.8 Å². The van der Waals surface area contributed by atoms with Crippen molar-refractivity contribution >= 4 is 11.6 Å². The first-order chi connectivity index (χ1) is 6.61. The highest BCUT2D eigenvalue weighted by Crippen LogP contribution is 2.32. The number of hydrogen-bond acceptors (Lipinski definition) is 2. The minimum atomic E-state index is -0.521. The molecule has 78 valence electrons. The molecule has 0 heterocycles. The van der Waals surface area contributed by atoms with Crippen molar-refractivity contribution < 1.29 is 14.2 Å².